The molecule has 0 aliphatic carbocycles. The quantitative estimate of drug-likeness (QED) is 0.425. The normalized spacial score (nSPS) is 10.8. The SMILES string of the molecule is O=C(N/N=C/c1c(-c2ccccc2)no[n+]1[O-])Nc1ccc(Cl)cc1. The van der Waals surface area contributed by atoms with Crippen LogP contribution in [-0.4, -0.2) is 17.4 Å². The van der Waals surface area contributed by atoms with Crippen LogP contribution in [0, 0.1) is 5.21 Å². The summed E-state index contributed by atoms with van der Waals surface area (Å²) in [7, 11) is 0. The van der Waals surface area contributed by atoms with Gasteiger partial charge in [-0.15, -0.1) is 0 Å². The first-order valence-electron chi connectivity index (χ1n) is 7.14. The number of hydrogen-bond acceptors (Lipinski definition) is 5. The molecule has 3 aromatic rings. The Labute approximate surface area is 147 Å². The van der Waals surface area contributed by atoms with Gasteiger partial charge in [0, 0.05) is 21.4 Å². The largest absolute Gasteiger partial charge is 0.359 e. The van der Waals surface area contributed by atoms with Crippen molar-refractivity contribution in [2.24, 2.45) is 5.10 Å². The standard InChI is InChI=1S/C16H12ClN5O3/c17-12-6-8-13(9-7-12)19-16(23)20-18-10-14-15(21-25-22(14)24)11-4-2-1-3-5-11/h1-10H,(H2,19,20,23)/b18-10+. The molecule has 2 amide bonds. The molecular formula is C16H12ClN5O3. The Morgan fingerprint density at radius 3 is 2.64 bits per heavy atom. The number of aromatic nitrogens is 2. The Bertz CT molecular complexity index is 894. The van der Waals surface area contributed by atoms with E-state index in [1.807, 2.05) is 6.07 Å². The highest BCUT2D eigenvalue weighted by Gasteiger charge is 2.19. The molecule has 2 N–H and O–H groups in total. The van der Waals surface area contributed by atoms with E-state index in [1.165, 1.54) is 0 Å². The van der Waals surface area contributed by atoms with Crippen LogP contribution in [-0.2, 0) is 0 Å². The zero-order chi connectivity index (χ0) is 17.6. The first kappa shape index (κ1) is 16.5. The molecule has 0 bridgehead atoms. The molecule has 1 heterocycles. The Morgan fingerprint density at radius 2 is 1.92 bits per heavy atom. The van der Waals surface area contributed by atoms with Crippen molar-refractivity contribution in [3.05, 3.63) is 70.5 Å². The molecule has 9 heteroatoms. The second-order valence-corrected chi connectivity index (χ2v) is 5.30. The molecule has 1 aromatic heterocycles. The van der Waals surface area contributed by atoms with Crippen LogP contribution in [0.4, 0.5) is 10.5 Å². The summed E-state index contributed by atoms with van der Waals surface area (Å²) in [5.41, 5.74) is 3.88. The van der Waals surface area contributed by atoms with Crippen molar-refractivity contribution in [3.63, 3.8) is 0 Å². The summed E-state index contributed by atoms with van der Waals surface area (Å²) in [6.07, 6.45) is 1.16. The van der Waals surface area contributed by atoms with Crippen LogP contribution in [0.5, 0.6) is 0 Å². The van der Waals surface area contributed by atoms with Gasteiger partial charge in [0.1, 0.15) is 6.21 Å². The number of nitrogens with one attached hydrogen (secondary N) is 2. The van der Waals surface area contributed by atoms with Gasteiger partial charge in [-0.1, -0.05) is 41.9 Å². The van der Waals surface area contributed by atoms with Crippen LogP contribution in [0.1, 0.15) is 5.69 Å². The zero-order valence-corrected chi connectivity index (χ0v) is 13.5. The van der Waals surface area contributed by atoms with Gasteiger partial charge in [-0.25, -0.2) is 10.2 Å². The number of carbonyl (C=O) groups is 1. The molecule has 0 aliphatic heterocycles. The van der Waals surface area contributed by atoms with Gasteiger partial charge in [-0.05, 0) is 29.2 Å². The number of hydrazone groups is 1. The molecule has 0 fully saturated rings. The molecule has 126 valence electrons. The molecule has 0 atom stereocenters. The lowest BCUT2D eigenvalue weighted by molar-refractivity contribution is -0.803. The molecule has 25 heavy (non-hydrogen) atoms. The lowest BCUT2D eigenvalue weighted by atomic mass is 10.1. The maximum atomic E-state index is 11.8. The maximum absolute atomic E-state index is 11.8. The molecule has 3 rings (SSSR count). The van der Waals surface area contributed by atoms with Crippen LogP contribution in [0.2, 0.25) is 5.02 Å². The smallest absolute Gasteiger partial charge is 0.339 e. The van der Waals surface area contributed by atoms with Gasteiger partial charge in [0.2, 0.25) is 5.69 Å². The fourth-order valence-corrected chi connectivity index (χ4v) is 2.13. The molecule has 0 radical (unpaired) electrons. The number of nitrogens with zero attached hydrogens (tertiary/aromatic N) is 3. The van der Waals surface area contributed by atoms with Gasteiger partial charge in [0.15, 0.2) is 0 Å². The van der Waals surface area contributed by atoms with E-state index in [9.17, 15) is 10.0 Å². The van der Waals surface area contributed by atoms with Crippen LogP contribution in [0.15, 0.2) is 64.3 Å². The average molecular weight is 358 g/mol. The Hall–Kier alpha value is -3.39. The van der Waals surface area contributed by atoms with Crippen molar-refractivity contribution in [2.75, 3.05) is 5.32 Å². The van der Waals surface area contributed by atoms with Gasteiger partial charge in [-0.3, -0.25) is 4.63 Å². The summed E-state index contributed by atoms with van der Waals surface area (Å²) >= 11 is 5.77. The number of amides is 2. The molecule has 0 unspecified atom stereocenters. The van der Waals surface area contributed by atoms with Crippen LogP contribution in [0.25, 0.3) is 11.3 Å². The van der Waals surface area contributed by atoms with E-state index in [1.54, 1.807) is 48.5 Å². The number of urea groups is 1. The fraction of sp³-hybridized carbons (Fsp3) is 0. The van der Waals surface area contributed by atoms with Crippen molar-refractivity contribution in [1.29, 1.82) is 0 Å². The summed E-state index contributed by atoms with van der Waals surface area (Å²) in [5.74, 6) is 0. The summed E-state index contributed by atoms with van der Waals surface area (Å²) < 4.78 is 4.59. The highest BCUT2D eigenvalue weighted by molar-refractivity contribution is 6.30. The minimum atomic E-state index is -0.575. The molecule has 0 spiro atoms. The lowest BCUT2D eigenvalue weighted by Gasteiger charge is -2.03. The highest BCUT2D eigenvalue weighted by Crippen LogP contribution is 2.17. The Kier molecular flexibility index (Phi) is 4.91. The van der Waals surface area contributed by atoms with Gasteiger partial charge >= 0.3 is 6.03 Å². The Balaban J connectivity index is 1.67. The van der Waals surface area contributed by atoms with E-state index >= 15 is 0 Å². The van der Waals surface area contributed by atoms with E-state index in [0.717, 1.165) is 6.21 Å². The number of benzene rings is 2. The van der Waals surface area contributed by atoms with Gasteiger partial charge in [-0.2, -0.15) is 5.10 Å². The summed E-state index contributed by atoms with van der Waals surface area (Å²) in [6.45, 7) is 0. The third-order valence-corrected chi connectivity index (χ3v) is 3.40. The molecular weight excluding hydrogens is 346 g/mol. The fourth-order valence-electron chi connectivity index (χ4n) is 2.00. The van der Waals surface area contributed by atoms with Crippen LogP contribution in [0.3, 0.4) is 0 Å². The zero-order valence-electron chi connectivity index (χ0n) is 12.7. The predicted octanol–water partition coefficient (Wildman–Crippen LogP) is 2.78. The number of rotatable bonds is 4. The van der Waals surface area contributed by atoms with Crippen molar-refractivity contribution >= 4 is 29.5 Å². The Morgan fingerprint density at radius 1 is 1.20 bits per heavy atom. The number of hydrogen-bond donors (Lipinski definition) is 2. The summed E-state index contributed by atoms with van der Waals surface area (Å²) in [6, 6.07) is 15.0. The van der Waals surface area contributed by atoms with E-state index in [0.29, 0.717) is 22.0 Å². The van der Waals surface area contributed by atoms with Crippen molar-refractivity contribution in [1.82, 2.24) is 10.6 Å². The van der Waals surface area contributed by atoms with Gasteiger partial charge in [0.05, 0.1) is 0 Å². The third kappa shape index (κ3) is 4.12. The number of carbonyl (C=O) groups excluding carboxylic acids is 1. The average Bonchev–Trinajstić information content (AvgIpc) is 2.99. The summed E-state index contributed by atoms with van der Waals surface area (Å²) in [5, 5.41) is 22.2. The monoisotopic (exact) mass is 357 g/mol. The van der Waals surface area contributed by atoms with Crippen LogP contribution >= 0.6 is 11.6 Å². The van der Waals surface area contributed by atoms with Crippen LogP contribution < -0.4 is 15.6 Å². The van der Waals surface area contributed by atoms with Gasteiger partial charge < -0.3 is 10.5 Å². The highest BCUT2D eigenvalue weighted by atomic mass is 35.5. The minimum Gasteiger partial charge on any atom is -0.359 e. The molecule has 2 aromatic carbocycles. The minimum absolute atomic E-state index is 0.0676. The summed E-state index contributed by atoms with van der Waals surface area (Å²) in [4.78, 5) is 12.0. The second kappa shape index (κ2) is 7.45. The van der Waals surface area contributed by atoms with E-state index in [-0.39, 0.29) is 10.6 Å². The maximum Gasteiger partial charge on any atom is 0.339 e. The van der Waals surface area contributed by atoms with Crippen molar-refractivity contribution in [3.8, 4) is 11.3 Å². The topological polar surface area (TPSA) is 106 Å². The number of anilines is 1. The van der Waals surface area contributed by atoms with Crippen molar-refractivity contribution < 1.29 is 14.3 Å². The third-order valence-electron chi connectivity index (χ3n) is 3.15. The first-order chi connectivity index (χ1) is 12.1. The number of halogens is 1. The van der Waals surface area contributed by atoms with Crippen molar-refractivity contribution in [2.45, 2.75) is 0 Å². The van der Waals surface area contributed by atoms with E-state index < -0.39 is 6.03 Å². The van der Waals surface area contributed by atoms with Gasteiger partial charge in [0.25, 0.3) is 5.69 Å². The van der Waals surface area contributed by atoms with E-state index in [4.69, 9.17) is 11.6 Å². The molecule has 0 aliphatic rings. The molecule has 0 saturated heterocycles. The predicted molar refractivity (Wildman–Crippen MR) is 92.1 cm³/mol. The molecule has 8 nitrogen and oxygen atoms in total. The lowest BCUT2D eigenvalue weighted by Crippen LogP contribution is -2.29. The second-order valence-electron chi connectivity index (χ2n) is 4.86. The first-order valence-corrected chi connectivity index (χ1v) is 7.52. The molecule has 0 saturated carbocycles. The van der Waals surface area contributed by atoms with E-state index in [2.05, 4.69) is 25.6 Å².